The van der Waals surface area contributed by atoms with E-state index in [1.165, 1.54) is 11.0 Å². The number of carboxylic acid groups (broad SMARTS) is 1. The molecule has 1 atom stereocenters. The summed E-state index contributed by atoms with van der Waals surface area (Å²) in [5.41, 5.74) is 0.304. The third kappa shape index (κ3) is 3.04. The van der Waals surface area contributed by atoms with Crippen LogP contribution in [0.1, 0.15) is 24.8 Å². The number of carbonyl (C=O) groups is 2. The van der Waals surface area contributed by atoms with Crippen LogP contribution < -0.4 is 0 Å². The van der Waals surface area contributed by atoms with E-state index < -0.39 is 11.8 Å². The Balaban J connectivity index is 2.17. The van der Waals surface area contributed by atoms with Gasteiger partial charge in [0.25, 0.3) is 0 Å². The van der Waals surface area contributed by atoms with Crippen LogP contribution in [0.4, 0.5) is 4.39 Å². The number of carboxylic acids is 1. The lowest BCUT2D eigenvalue weighted by molar-refractivity contribution is -0.139. The molecule has 1 heterocycles. The van der Waals surface area contributed by atoms with Gasteiger partial charge in [0.1, 0.15) is 5.82 Å². The maximum atomic E-state index is 13.8. The van der Waals surface area contributed by atoms with Gasteiger partial charge >= 0.3 is 5.97 Å². The summed E-state index contributed by atoms with van der Waals surface area (Å²) in [5.74, 6) is -1.67. The molecule has 6 heteroatoms. The van der Waals surface area contributed by atoms with Gasteiger partial charge in [-0.1, -0.05) is 23.7 Å². The van der Waals surface area contributed by atoms with Crippen molar-refractivity contribution in [2.45, 2.75) is 31.8 Å². The summed E-state index contributed by atoms with van der Waals surface area (Å²) < 4.78 is 13.8. The number of hydrogen-bond acceptors (Lipinski definition) is 2. The Labute approximate surface area is 114 Å². The number of carbonyl (C=O) groups excluding carboxylic acids is 1. The van der Waals surface area contributed by atoms with E-state index in [-0.39, 0.29) is 29.9 Å². The summed E-state index contributed by atoms with van der Waals surface area (Å²) in [5, 5.41) is 8.81. The second-order valence-corrected chi connectivity index (χ2v) is 4.93. The second kappa shape index (κ2) is 5.57. The minimum absolute atomic E-state index is 0.000990. The highest BCUT2D eigenvalue weighted by Crippen LogP contribution is 2.26. The van der Waals surface area contributed by atoms with Crippen molar-refractivity contribution in [3.05, 3.63) is 34.6 Å². The Kier molecular flexibility index (Phi) is 4.04. The van der Waals surface area contributed by atoms with Gasteiger partial charge in [-0.2, -0.15) is 0 Å². The number of halogens is 2. The van der Waals surface area contributed by atoms with E-state index in [2.05, 4.69) is 0 Å². The number of hydrogen-bond donors (Lipinski definition) is 1. The van der Waals surface area contributed by atoms with Gasteiger partial charge in [0.15, 0.2) is 0 Å². The van der Waals surface area contributed by atoms with Crippen LogP contribution >= 0.6 is 11.6 Å². The molecule has 1 aliphatic heterocycles. The lowest BCUT2D eigenvalue weighted by Gasteiger charge is -2.24. The summed E-state index contributed by atoms with van der Waals surface area (Å²) in [6, 6.07) is 4.21. The van der Waals surface area contributed by atoms with Crippen LogP contribution in [0, 0.1) is 5.82 Å². The first-order valence-electron chi connectivity index (χ1n) is 5.93. The van der Waals surface area contributed by atoms with E-state index in [0.717, 1.165) is 0 Å². The fourth-order valence-corrected chi connectivity index (χ4v) is 2.47. The third-order valence-electron chi connectivity index (χ3n) is 3.24. The number of aliphatic carboxylic acids is 1. The van der Waals surface area contributed by atoms with Crippen molar-refractivity contribution in [3.63, 3.8) is 0 Å². The molecule has 0 spiro atoms. The fourth-order valence-electron chi connectivity index (χ4n) is 2.28. The molecular formula is C13H13ClFNO3. The highest BCUT2D eigenvalue weighted by Gasteiger charge is 2.32. The SMILES string of the molecule is O=C(O)C[C@@H]1CCC(=O)N1Cc1cccc(Cl)c1F. The minimum atomic E-state index is -0.962. The zero-order valence-corrected chi connectivity index (χ0v) is 10.9. The number of amides is 1. The summed E-state index contributed by atoms with van der Waals surface area (Å²) in [6.07, 6.45) is 0.682. The highest BCUT2D eigenvalue weighted by molar-refractivity contribution is 6.30. The van der Waals surface area contributed by atoms with Crippen molar-refractivity contribution >= 4 is 23.5 Å². The Morgan fingerprint density at radius 1 is 1.53 bits per heavy atom. The van der Waals surface area contributed by atoms with Gasteiger partial charge in [-0.15, -0.1) is 0 Å². The molecule has 1 aromatic rings. The lowest BCUT2D eigenvalue weighted by atomic mass is 10.1. The first-order chi connectivity index (χ1) is 8.99. The molecule has 0 bridgehead atoms. The van der Waals surface area contributed by atoms with Crippen LogP contribution in [0.15, 0.2) is 18.2 Å². The van der Waals surface area contributed by atoms with Gasteiger partial charge in [0, 0.05) is 24.6 Å². The molecule has 0 aliphatic carbocycles. The van der Waals surface area contributed by atoms with Gasteiger partial charge in [-0.25, -0.2) is 4.39 Å². The Bertz CT molecular complexity index is 521. The zero-order chi connectivity index (χ0) is 14.0. The Morgan fingerprint density at radius 3 is 2.95 bits per heavy atom. The third-order valence-corrected chi connectivity index (χ3v) is 3.53. The maximum Gasteiger partial charge on any atom is 0.305 e. The second-order valence-electron chi connectivity index (χ2n) is 4.52. The van der Waals surface area contributed by atoms with E-state index >= 15 is 0 Å². The lowest BCUT2D eigenvalue weighted by Crippen LogP contribution is -2.34. The van der Waals surface area contributed by atoms with Crippen molar-refractivity contribution in [3.8, 4) is 0 Å². The largest absolute Gasteiger partial charge is 0.481 e. The van der Waals surface area contributed by atoms with Crippen molar-refractivity contribution < 1.29 is 19.1 Å². The van der Waals surface area contributed by atoms with Gasteiger partial charge in [-0.3, -0.25) is 9.59 Å². The molecule has 1 saturated heterocycles. The molecule has 0 unspecified atom stereocenters. The molecular weight excluding hydrogens is 273 g/mol. The monoisotopic (exact) mass is 285 g/mol. The predicted molar refractivity (Wildman–Crippen MR) is 67.2 cm³/mol. The summed E-state index contributed by atoms with van der Waals surface area (Å²) in [6.45, 7) is 0.0587. The molecule has 1 amide bonds. The van der Waals surface area contributed by atoms with E-state index in [0.29, 0.717) is 18.4 Å². The Hall–Kier alpha value is -1.62. The van der Waals surface area contributed by atoms with Crippen LogP contribution in [0.2, 0.25) is 5.02 Å². The standard InChI is InChI=1S/C13H13ClFNO3/c14-10-3-1-2-8(13(10)15)7-16-9(6-12(18)19)4-5-11(16)17/h1-3,9H,4-7H2,(H,18,19)/t9-/m0/s1. The number of nitrogens with zero attached hydrogens (tertiary/aromatic N) is 1. The van der Waals surface area contributed by atoms with E-state index in [9.17, 15) is 14.0 Å². The topological polar surface area (TPSA) is 57.6 Å². The minimum Gasteiger partial charge on any atom is -0.481 e. The van der Waals surface area contributed by atoms with Gasteiger partial charge in [0.2, 0.25) is 5.91 Å². The average molecular weight is 286 g/mol. The van der Waals surface area contributed by atoms with Crippen LogP contribution in [-0.2, 0) is 16.1 Å². The quantitative estimate of drug-likeness (QED) is 0.924. The van der Waals surface area contributed by atoms with E-state index in [1.807, 2.05) is 0 Å². The summed E-state index contributed by atoms with van der Waals surface area (Å²) >= 11 is 5.68. The molecule has 0 radical (unpaired) electrons. The zero-order valence-electron chi connectivity index (χ0n) is 10.1. The molecule has 0 aromatic heterocycles. The molecule has 2 rings (SSSR count). The molecule has 1 aliphatic rings. The molecule has 19 heavy (non-hydrogen) atoms. The molecule has 1 N–H and O–H groups in total. The fraction of sp³-hybridized carbons (Fsp3) is 0.385. The normalized spacial score (nSPS) is 18.9. The van der Waals surface area contributed by atoms with Crippen LogP contribution in [0.25, 0.3) is 0 Å². The molecule has 1 fully saturated rings. The van der Waals surface area contributed by atoms with Crippen molar-refractivity contribution in [2.75, 3.05) is 0 Å². The van der Waals surface area contributed by atoms with E-state index in [4.69, 9.17) is 16.7 Å². The smallest absolute Gasteiger partial charge is 0.305 e. The first-order valence-corrected chi connectivity index (χ1v) is 6.31. The summed E-state index contributed by atoms with van der Waals surface area (Å²) in [7, 11) is 0. The summed E-state index contributed by atoms with van der Waals surface area (Å²) in [4.78, 5) is 23.9. The van der Waals surface area contributed by atoms with Crippen LogP contribution in [-0.4, -0.2) is 27.9 Å². The molecule has 1 aromatic carbocycles. The van der Waals surface area contributed by atoms with Crippen LogP contribution in [0.5, 0.6) is 0 Å². The molecule has 4 nitrogen and oxygen atoms in total. The Morgan fingerprint density at radius 2 is 2.26 bits per heavy atom. The van der Waals surface area contributed by atoms with Gasteiger partial charge < -0.3 is 10.0 Å². The molecule has 0 saturated carbocycles. The number of benzene rings is 1. The van der Waals surface area contributed by atoms with Crippen LogP contribution in [0.3, 0.4) is 0 Å². The number of rotatable bonds is 4. The van der Waals surface area contributed by atoms with Crippen molar-refractivity contribution in [1.82, 2.24) is 4.90 Å². The van der Waals surface area contributed by atoms with Gasteiger partial charge in [-0.05, 0) is 12.5 Å². The maximum absolute atomic E-state index is 13.8. The van der Waals surface area contributed by atoms with Gasteiger partial charge in [0.05, 0.1) is 11.4 Å². The van der Waals surface area contributed by atoms with Crippen molar-refractivity contribution in [2.24, 2.45) is 0 Å². The highest BCUT2D eigenvalue weighted by atomic mass is 35.5. The average Bonchev–Trinajstić information content (AvgIpc) is 2.67. The first kappa shape index (κ1) is 13.8. The predicted octanol–water partition coefficient (Wildman–Crippen LogP) is 2.44. The number of likely N-dealkylation sites (tertiary alicyclic amines) is 1. The van der Waals surface area contributed by atoms with Crippen molar-refractivity contribution in [1.29, 1.82) is 0 Å². The molecule has 102 valence electrons. The van der Waals surface area contributed by atoms with E-state index in [1.54, 1.807) is 12.1 Å².